The lowest BCUT2D eigenvalue weighted by Crippen LogP contribution is -2.48. The minimum absolute atomic E-state index is 0.0493. The number of hydrogen-bond donors (Lipinski definition) is 2. The number of hydrogen-bond acceptors (Lipinski definition) is 5. The van der Waals surface area contributed by atoms with Gasteiger partial charge in [-0.05, 0) is 24.6 Å². The molecule has 1 saturated heterocycles. The van der Waals surface area contributed by atoms with Crippen molar-refractivity contribution in [2.45, 2.75) is 11.8 Å². The van der Waals surface area contributed by atoms with Gasteiger partial charge < -0.3 is 9.84 Å². The van der Waals surface area contributed by atoms with Crippen LogP contribution in [0, 0.1) is 6.92 Å². The molecule has 1 fully saturated rings. The van der Waals surface area contributed by atoms with Crippen LogP contribution in [0.2, 0.25) is 0 Å². The first-order valence-corrected chi connectivity index (χ1v) is 8.47. The third-order valence-electron chi connectivity index (χ3n) is 3.12. The Morgan fingerprint density at radius 3 is 2.57 bits per heavy atom. The van der Waals surface area contributed by atoms with Gasteiger partial charge in [0.1, 0.15) is 0 Å². The van der Waals surface area contributed by atoms with Crippen molar-refractivity contribution in [1.82, 2.24) is 9.84 Å². The van der Waals surface area contributed by atoms with Gasteiger partial charge in [0, 0.05) is 17.6 Å². The molecule has 1 aliphatic heterocycles. The zero-order valence-corrected chi connectivity index (χ0v) is 13.7. The third kappa shape index (κ3) is 3.80. The second-order valence-electron chi connectivity index (χ2n) is 4.58. The highest BCUT2D eigenvalue weighted by Crippen LogP contribution is 2.25. The Morgan fingerprint density at radius 2 is 2.00 bits per heavy atom. The SMILES string of the molecule is Cc1c(Br)cc(S(=O)(=O)NN2CCOCC2)cc1C(=O)O. The largest absolute Gasteiger partial charge is 0.478 e. The number of nitrogens with one attached hydrogen (secondary N) is 1. The molecule has 2 rings (SSSR count). The van der Waals surface area contributed by atoms with E-state index in [1.807, 2.05) is 0 Å². The van der Waals surface area contributed by atoms with Crippen molar-refractivity contribution < 1.29 is 23.1 Å². The van der Waals surface area contributed by atoms with Gasteiger partial charge in [0.15, 0.2) is 0 Å². The molecule has 116 valence electrons. The first-order chi connectivity index (χ1) is 9.81. The summed E-state index contributed by atoms with van der Waals surface area (Å²) in [6.45, 7) is 3.39. The van der Waals surface area contributed by atoms with Crippen molar-refractivity contribution in [3.63, 3.8) is 0 Å². The molecule has 1 aliphatic rings. The average Bonchev–Trinajstić information content (AvgIpc) is 2.41. The van der Waals surface area contributed by atoms with E-state index in [4.69, 9.17) is 9.84 Å². The molecular weight excluding hydrogens is 364 g/mol. The maximum absolute atomic E-state index is 12.3. The van der Waals surface area contributed by atoms with Crippen molar-refractivity contribution in [3.8, 4) is 0 Å². The molecule has 21 heavy (non-hydrogen) atoms. The lowest BCUT2D eigenvalue weighted by Gasteiger charge is -2.26. The van der Waals surface area contributed by atoms with E-state index in [1.54, 1.807) is 6.92 Å². The Balaban J connectivity index is 2.33. The van der Waals surface area contributed by atoms with Crippen molar-refractivity contribution >= 4 is 31.9 Å². The number of carboxylic acid groups (broad SMARTS) is 1. The predicted octanol–water partition coefficient (Wildman–Crippen LogP) is 0.981. The highest BCUT2D eigenvalue weighted by atomic mass is 79.9. The summed E-state index contributed by atoms with van der Waals surface area (Å²) in [7, 11) is -3.83. The number of nitrogens with zero attached hydrogens (tertiary/aromatic N) is 1. The van der Waals surface area contributed by atoms with Crippen LogP contribution in [0.3, 0.4) is 0 Å². The lowest BCUT2D eigenvalue weighted by molar-refractivity contribution is 0.0272. The third-order valence-corrected chi connectivity index (χ3v) is 5.30. The first kappa shape index (κ1) is 16.4. The van der Waals surface area contributed by atoms with Gasteiger partial charge in [0.25, 0.3) is 10.0 Å². The molecule has 7 nitrogen and oxygen atoms in total. The molecule has 0 aromatic heterocycles. The fourth-order valence-electron chi connectivity index (χ4n) is 1.91. The second kappa shape index (κ2) is 6.41. The van der Waals surface area contributed by atoms with E-state index in [-0.39, 0.29) is 10.5 Å². The number of carboxylic acids is 1. The van der Waals surface area contributed by atoms with E-state index >= 15 is 0 Å². The summed E-state index contributed by atoms with van der Waals surface area (Å²) in [5.41, 5.74) is 0.430. The van der Waals surface area contributed by atoms with E-state index in [9.17, 15) is 13.2 Å². The molecule has 0 atom stereocenters. The van der Waals surface area contributed by atoms with Crippen LogP contribution in [0.25, 0.3) is 0 Å². The van der Waals surface area contributed by atoms with Crippen molar-refractivity contribution in [2.75, 3.05) is 26.3 Å². The van der Waals surface area contributed by atoms with Gasteiger partial charge in [-0.3, -0.25) is 0 Å². The van der Waals surface area contributed by atoms with E-state index in [2.05, 4.69) is 20.8 Å². The van der Waals surface area contributed by atoms with E-state index in [0.29, 0.717) is 36.3 Å². The summed E-state index contributed by atoms with van der Waals surface area (Å²) in [4.78, 5) is 13.5. The zero-order chi connectivity index (χ0) is 15.6. The summed E-state index contributed by atoms with van der Waals surface area (Å²) in [6.07, 6.45) is 0. The van der Waals surface area contributed by atoms with Crippen molar-refractivity contribution in [2.24, 2.45) is 0 Å². The standard InChI is InChI=1S/C12H15BrN2O5S/c1-8-10(12(16)17)6-9(7-11(8)13)21(18,19)14-15-2-4-20-5-3-15/h6-7,14H,2-5H2,1H3,(H,16,17). The minimum atomic E-state index is -3.83. The Hall–Kier alpha value is -1.00. The minimum Gasteiger partial charge on any atom is -0.478 e. The molecule has 0 aliphatic carbocycles. The Morgan fingerprint density at radius 1 is 1.38 bits per heavy atom. The molecule has 0 amide bonds. The number of benzene rings is 1. The van der Waals surface area contributed by atoms with Gasteiger partial charge in [-0.15, -0.1) is 4.83 Å². The highest BCUT2D eigenvalue weighted by molar-refractivity contribution is 9.10. The van der Waals surface area contributed by atoms with Crippen LogP contribution in [0.5, 0.6) is 0 Å². The zero-order valence-electron chi connectivity index (χ0n) is 11.3. The summed E-state index contributed by atoms with van der Waals surface area (Å²) < 4.78 is 30.2. The topological polar surface area (TPSA) is 95.9 Å². The normalized spacial score (nSPS) is 16.9. The number of ether oxygens (including phenoxy) is 1. The Labute approximate surface area is 131 Å². The van der Waals surface area contributed by atoms with Crippen LogP contribution in [0.15, 0.2) is 21.5 Å². The van der Waals surface area contributed by atoms with Gasteiger partial charge in [-0.2, -0.15) is 0 Å². The molecule has 0 bridgehead atoms. The number of carbonyl (C=O) groups is 1. The summed E-state index contributed by atoms with van der Waals surface area (Å²) >= 11 is 3.19. The summed E-state index contributed by atoms with van der Waals surface area (Å²) in [6, 6.07) is 2.55. The number of aromatic carboxylic acids is 1. The Kier molecular flexibility index (Phi) is 4.99. The second-order valence-corrected chi connectivity index (χ2v) is 7.09. The number of hydrazine groups is 1. The van der Waals surface area contributed by atoms with E-state index in [1.165, 1.54) is 11.1 Å². The predicted molar refractivity (Wildman–Crippen MR) is 78.6 cm³/mol. The van der Waals surface area contributed by atoms with Crippen molar-refractivity contribution in [1.29, 1.82) is 0 Å². The molecule has 1 aromatic carbocycles. The molecule has 0 radical (unpaired) electrons. The molecule has 1 heterocycles. The molecule has 2 N–H and O–H groups in total. The smallest absolute Gasteiger partial charge is 0.336 e. The first-order valence-electron chi connectivity index (χ1n) is 6.20. The van der Waals surface area contributed by atoms with Crippen LogP contribution in [-0.4, -0.2) is 50.8 Å². The van der Waals surface area contributed by atoms with E-state index < -0.39 is 16.0 Å². The van der Waals surface area contributed by atoms with Gasteiger partial charge in [0.05, 0.1) is 23.7 Å². The number of morpholine rings is 1. The number of rotatable bonds is 4. The lowest BCUT2D eigenvalue weighted by atomic mass is 10.1. The van der Waals surface area contributed by atoms with Gasteiger partial charge in [-0.25, -0.2) is 18.2 Å². The molecule has 0 saturated carbocycles. The Bertz CT molecular complexity index is 656. The molecule has 9 heteroatoms. The van der Waals surface area contributed by atoms with Gasteiger partial charge in [-0.1, -0.05) is 15.9 Å². The van der Waals surface area contributed by atoms with Gasteiger partial charge in [0.2, 0.25) is 0 Å². The summed E-state index contributed by atoms with van der Waals surface area (Å²) in [5.74, 6) is -1.17. The van der Waals surface area contributed by atoms with Crippen LogP contribution < -0.4 is 4.83 Å². The quantitative estimate of drug-likeness (QED) is 0.810. The molecule has 0 unspecified atom stereocenters. The fraction of sp³-hybridized carbons (Fsp3) is 0.417. The number of sulfonamides is 1. The van der Waals surface area contributed by atoms with Crippen LogP contribution in [0.4, 0.5) is 0 Å². The van der Waals surface area contributed by atoms with Gasteiger partial charge >= 0.3 is 5.97 Å². The van der Waals surface area contributed by atoms with Crippen LogP contribution in [0.1, 0.15) is 15.9 Å². The van der Waals surface area contributed by atoms with Crippen LogP contribution >= 0.6 is 15.9 Å². The highest BCUT2D eigenvalue weighted by Gasteiger charge is 2.23. The van der Waals surface area contributed by atoms with E-state index in [0.717, 1.165) is 6.07 Å². The fourth-order valence-corrected chi connectivity index (χ4v) is 3.69. The van der Waals surface area contributed by atoms with Crippen molar-refractivity contribution in [3.05, 3.63) is 27.7 Å². The molecule has 0 spiro atoms. The molecule has 1 aromatic rings. The maximum Gasteiger partial charge on any atom is 0.336 e. The summed E-state index contributed by atoms with van der Waals surface area (Å²) in [5, 5.41) is 10.7. The maximum atomic E-state index is 12.3. The average molecular weight is 379 g/mol. The van der Waals surface area contributed by atoms with Crippen LogP contribution in [-0.2, 0) is 14.8 Å². The monoisotopic (exact) mass is 378 g/mol. The number of halogens is 1. The molecular formula is C12H15BrN2O5S.